The smallest absolute Gasteiger partial charge is 0.254 e. The molecule has 35 heavy (non-hydrogen) atoms. The molecule has 0 spiro atoms. The Morgan fingerprint density at radius 3 is 2.77 bits per heavy atom. The highest BCUT2D eigenvalue weighted by Gasteiger charge is 2.26. The first kappa shape index (κ1) is 23.4. The van der Waals surface area contributed by atoms with Crippen molar-refractivity contribution in [2.24, 2.45) is 11.8 Å². The lowest BCUT2D eigenvalue weighted by Gasteiger charge is -2.39. The Morgan fingerprint density at radius 2 is 1.97 bits per heavy atom. The number of ether oxygens (including phenoxy) is 1. The molecule has 1 fully saturated rings. The molecule has 1 atom stereocenters. The van der Waals surface area contributed by atoms with Crippen LogP contribution in [0.4, 0.5) is 0 Å². The molecule has 0 saturated carbocycles. The first-order chi connectivity index (χ1) is 17.0. The van der Waals surface area contributed by atoms with E-state index in [4.69, 9.17) is 9.26 Å². The summed E-state index contributed by atoms with van der Waals surface area (Å²) in [5.41, 5.74) is 3.32. The number of para-hydroxylation sites is 1. The molecule has 0 aliphatic carbocycles. The Hall–Kier alpha value is -3.39. The predicted octanol–water partition coefficient (Wildman–Crippen LogP) is 5.02. The summed E-state index contributed by atoms with van der Waals surface area (Å²) in [5.74, 6) is 3.21. The first-order valence-electron chi connectivity index (χ1n) is 12.4. The van der Waals surface area contributed by atoms with Gasteiger partial charge in [-0.25, -0.2) is 0 Å². The summed E-state index contributed by atoms with van der Waals surface area (Å²) < 4.78 is 11.2. The van der Waals surface area contributed by atoms with Crippen molar-refractivity contribution in [2.45, 2.75) is 39.5 Å². The third-order valence-electron chi connectivity index (χ3n) is 7.08. The molecule has 0 unspecified atom stereocenters. The zero-order chi connectivity index (χ0) is 24.4. The van der Waals surface area contributed by atoms with Crippen molar-refractivity contribution in [3.05, 3.63) is 53.9 Å². The van der Waals surface area contributed by atoms with Gasteiger partial charge >= 0.3 is 0 Å². The fourth-order valence-electron chi connectivity index (χ4n) is 4.51. The first-order valence-corrected chi connectivity index (χ1v) is 12.4. The normalized spacial score (nSPS) is 15.5. The number of aromatic amines is 1. The van der Waals surface area contributed by atoms with Gasteiger partial charge in [0.05, 0.1) is 5.69 Å². The quantitative estimate of drug-likeness (QED) is 0.332. The van der Waals surface area contributed by atoms with Gasteiger partial charge in [-0.3, -0.25) is 4.90 Å². The molecule has 4 aromatic rings. The summed E-state index contributed by atoms with van der Waals surface area (Å²) >= 11 is 0. The molecule has 8 heteroatoms. The van der Waals surface area contributed by atoms with Gasteiger partial charge in [0.1, 0.15) is 18.1 Å². The van der Waals surface area contributed by atoms with Gasteiger partial charge in [0.2, 0.25) is 0 Å². The van der Waals surface area contributed by atoms with Crippen LogP contribution in [0.3, 0.4) is 0 Å². The summed E-state index contributed by atoms with van der Waals surface area (Å²) in [6.07, 6.45) is 2.11. The van der Waals surface area contributed by atoms with E-state index < -0.39 is 0 Å². The van der Waals surface area contributed by atoms with Crippen LogP contribution in [-0.2, 0) is 6.42 Å². The van der Waals surface area contributed by atoms with Crippen LogP contribution >= 0.6 is 0 Å². The molecule has 5 rings (SSSR count). The topological polar surface area (TPSA) is 100 Å². The van der Waals surface area contributed by atoms with E-state index in [1.165, 1.54) is 5.69 Å². The third kappa shape index (κ3) is 5.32. The van der Waals surface area contributed by atoms with Crippen molar-refractivity contribution >= 4 is 11.0 Å². The maximum Gasteiger partial charge on any atom is 0.254 e. The van der Waals surface area contributed by atoms with Crippen molar-refractivity contribution < 1.29 is 14.4 Å². The minimum Gasteiger partial charge on any atom is -0.507 e. The van der Waals surface area contributed by atoms with Crippen LogP contribution in [0.2, 0.25) is 0 Å². The number of phenols is 1. The Morgan fingerprint density at radius 1 is 1.14 bits per heavy atom. The third-order valence-corrected chi connectivity index (χ3v) is 7.08. The molecule has 0 radical (unpaired) electrons. The summed E-state index contributed by atoms with van der Waals surface area (Å²) in [7, 11) is 0. The molecule has 4 heterocycles. The second-order valence-electron chi connectivity index (χ2n) is 9.96. The lowest BCUT2D eigenvalue weighted by atomic mass is 9.94. The van der Waals surface area contributed by atoms with E-state index >= 15 is 0 Å². The molecule has 1 saturated heterocycles. The van der Waals surface area contributed by atoms with Crippen LogP contribution in [0.25, 0.3) is 22.3 Å². The molecule has 0 amide bonds. The molecule has 0 bridgehead atoms. The minimum absolute atomic E-state index is 0.211. The number of hydrogen-bond acceptors (Lipinski definition) is 7. The molecule has 1 aliphatic heterocycles. The van der Waals surface area contributed by atoms with E-state index in [0.29, 0.717) is 41.5 Å². The average Bonchev–Trinajstić information content (AvgIpc) is 3.46. The van der Waals surface area contributed by atoms with Crippen molar-refractivity contribution in [2.75, 3.05) is 26.2 Å². The molecular formula is C27H33N5O3. The molecule has 8 nitrogen and oxygen atoms in total. The summed E-state index contributed by atoms with van der Waals surface area (Å²) in [4.78, 5) is 5.80. The Balaban J connectivity index is 1.06. The van der Waals surface area contributed by atoms with Crippen LogP contribution in [0.15, 0.2) is 47.0 Å². The zero-order valence-electron chi connectivity index (χ0n) is 20.6. The molecule has 1 aliphatic rings. The molecule has 2 N–H and O–H groups in total. The fraction of sp³-hybridized carbons (Fsp3) is 0.444. The average molecular weight is 476 g/mol. The van der Waals surface area contributed by atoms with Crippen molar-refractivity contribution in [3.63, 3.8) is 0 Å². The van der Waals surface area contributed by atoms with E-state index in [1.54, 1.807) is 12.1 Å². The number of nitrogens with zero attached hydrogens (tertiary/aromatic N) is 4. The van der Waals surface area contributed by atoms with E-state index in [0.717, 1.165) is 49.3 Å². The van der Waals surface area contributed by atoms with Crippen LogP contribution in [0, 0.1) is 11.8 Å². The van der Waals surface area contributed by atoms with Crippen LogP contribution in [0.5, 0.6) is 11.6 Å². The lowest BCUT2D eigenvalue weighted by molar-refractivity contribution is 0.0762. The van der Waals surface area contributed by atoms with Gasteiger partial charge in [-0.1, -0.05) is 32.9 Å². The molecular weight excluding hydrogens is 442 g/mol. The number of fused-ring (bicyclic) bond motifs is 1. The lowest BCUT2D eigenvalue weighted by Crippen LogP contribution is -2.48. The SMILES string of the molecule is CC(C)[C@@H](C)c1cc(OCCN2CC(CCc3cc4cc(-c5ccccc5O)nnc4[nH]3)C2)no1. The highest BCUT2D eigenvalue weighted by molar-refractivity contribution is 5.81. The number of aromatic hydroxyl groups is 1. The van der Waals surface area contributed by atoms with Crippen molar-refractivity contribution in [1.29, 1.82) is 0 Å². The standard InChI is InChI=1S/C27H33N5O3/c1-17(2)18(3)25-14-26(31-35-25)34-11-10-32-15-19(16-32)8-9-21-12-20-13-23(29-30-27(20)28-21)22-6-4-5-7-24(22)33/h4-7,12-14,17-19,33H,8-11,15-16H2,1-3H3,(H,28,30)/t18-/m1/s1. The van der Waals surface area contributed by atoms with Gasteiger partial charge in [0.15, 0.2) is 5.65 Å². The number of likely N-dealkylation sites (tertiary alicyclic amines) is 1. The van der Waals surface area contributed by atoms with Crippen LogP contribution in [-0.4, -0.2) is 56.6 Å². The van der Waals surface area contributed by atoms with E-state index in [2.05, 4.69) is 52.1 Å². The van der Waals surface area contributed by atoms with Crippen molar-refractivity contribution in [1.82, 2.24) is 25.2 Å². The van der Waals surface area contributed by atoms with Gasteiger partial charge in [0.25, 0.3) is 5.88 Å². The number of aryl methyl sites for hydroxylation is 1. The maximum absolute atomic E-state index is 10.1. The number of hydrogen-bond donors (Lipinski definition) is 2. The number of benzene rings is 1. The number of phenolic OH excluding ortho intramolecular Hbond substituents is 1. The molecule has 1 aromatic carbocycles. The van der Waals surface area contributed by atoms with Gasteiger partial charge < -0.3 is 19.4 Å². The fourth-order valence-corrected chi connectivity index (χ4v) is 4.51. The number of aromatic nitrogens is 4. The molecule has 184 valence electrons. The second kappa shape index (κ2) is 10.1. The minimum atomic E-state index is 0.211. The highest BCUT2D eigenvalue weighted by Crippen LogP contribution is 2.29. The largest absolute Gasteiger partial charge is 0.507 e. The number of rotatable bonds is 10. The summed E-state index contributed by atoms with van der Waals surface area (Å²) in [6.45, 7) is 10.2. The Kier molecular flexibility index (Phi) is 6.72. The second-order valence-corrected chi connectivity index (χ2v) is 9.96. The zero-order valence-corrected chi connectivity index (χ0v) is 20.6. The van der Waals surface area contributed by atoms with E-state index in [9.17, 15) is 5.11 Å². The van der Waals surface area contributed by atoms with Gasteiger partial charge in [0, 0.05) is 48.3 Å². The van der Waals surface area contributed by atoms with Crippen LogP contribution in [0.1, 0.15) is 44.6 Å². The number of nitrogens with one attached hydrogen (secondary N) is 1. The van der Waals surface area contributed by atoms with Gasteiger partial charge in [-0.05, 0) is 54.1 Å². The number of H-pyrrole nitrogens is 1. The van der Waals surface area contributed by atoms with Crippen molar-refractivity contribution in [3.8, 4) is 22.9 Å². The van der Waals surface area contributed by atoms with Crippen LogP contribution < -0.4 is 4.74 Å². The monoisotopic (exact) mass is 475 g/mol. The van der Waals surface area contributed by atoms with E-state index in [-0.39, 0.29) is 5.75 Å². The summed E-state index contributed by atoms with van der Waals surface area (Å²) in [6, 6.07) is 13.2. The Labute approximate surface area is 205 Å². The van der Waals surface area contributed by atoms with E-state index in [1.807, 2.05) is 24.3 Å². The predicted molar refractivity (Wildman–Crippen MR) is 134 cm³/mol. The van der Waals surface area contributed by atoms with Gasteiger partial charge in [-0.15, -0.1) is 10.2 Å². The van der Waals surface area contributed by atoms with Gasteiger partial charge in [-0.2, -0.15) is 0 Å². The summed E-state index contributed by atoms with van der Waals surface area (Å²) in [5, 5.41) is 23.8. The Bertz CT molecular complexity index is 1270. The maximum atomic E-state index is 10.1. The molecule has 3 aromatic heterocycles. The highest BCUT2D eigenvalue weighted by atomic mass is 16.5.